The molecule has 1 aliphatic heterocycles. The zero-order chi connectivity index (χ0) is 20.8. The molecule has 0 spiro atoms. The quantitative estimate of drug-likeness (QED) is 0.512. The lowest BCUT2D eigenvalue weighted by atomic mass is 10.1. The summed E-state index contributed by atoms with van der Waals surface area (Å²) in [7, 11) is 0. The standard InChI is InChI=1S/C23H22ClN3O2S/c1-14-7-8-16(24)13-20(14)29-22-21(30-15(2)25-22)23(28)27-12-11-26(17-9-10-17)18-5-3-4-6-19(18)27/h3-8,13,17H,9-12H2,1-2H3. The second-order valence-corrected chi connectivity index (χ2v) is 9.39. The van der Waals surface area contributed by atoms with E-state index in [0.29, 0.717) is 34.1 Å². The lowest BCUT2D eigenvalue weighted by molar-refractivity contribution is 0.0988. The summed E-state index contributed by atoms with van der Waals surface area (Å²) in [5.41, 5.74) is 3.03. The molecule has 30 heavy (non-hydrogen) atoms. The van der Waals surface area contributed by atoms with Crippen LogP contribution < -0.4 is 14.5 Å². The van der Waals surface area contributed by atoms with Gasteiger partial charge in [0.2, 0.25) is 5.88 Å². The maximum Gasteiger partial charge on any atom is 0.274 e. The number of para-hydroxylation sites is 2. The van der Waals surface area contributed by atoms with E-state index in [2.05, 4.69) is 16.0 Å². The summed E-state index contributed by atoms with van der Waals surface area (Å²) in [6.07, 6.45) is 2.46. The molecule has 154 valence electrons. The van der Waals surface area contributed by atoms with E-state index in [1.165, 1.54) is 24.2 Å². The summed E-state index contributed by atoms with van der Waals surface area (Å²) in [4.78, 5) is 22.9. The van der Waals surface area contributed by atoms with Crippen molar-refractivity contribution in [3.8, 4) is 11.6 Å². The summed E-state index contributed by atoms with van der Waals surface area (Å²) in [6.45, 7) is 5.32. The van der Waals surface area contributed by atoms with Crippen LogP contribution in [0.4, 0.5) is 11.4 Å². The number of rotatable bonds is 4. The summed E-state index contributed by atoms with van der Waals surface area (Å²) in [6, 6.07) is 14.2. The Morgan fingerprint density at radius 2 is 1.90 bits per heavy atom. The first-order valence-corrected chi connectivity index (χ1v) is 11.3. The molecule has 2 heterocycles. The van der Waals surface area contributed by atoms with Crippen LogP contribution in [0, 0.1) is 13.8 Å². The van der Waals surface area contributed by atoms with Gasteiger partial charge in [-0.1, -0.05) is 29.8 Å². The number of carbonyl (C=O) groups is 1. The van der Waals surface area contributed by atoms with Gasteiger partial charge in [-0.05, 0) is 56.5 Å². The number of ether oxygens (including phenoxy) is 1. The minimum absolute atomic E-state index is 0.0711. The van der Waals surface area contributed by atoms with E-state index in [0.717, 1.165) is 28.5 Å². The Kier molecular flexibility index (Phi) is 4.91. The highest BCUT2D eigenvalue weighted by atomic mass is 35.5. The van der Waals surface area contributed by atoms with E-state index in [9.17, 15) is 4.79 Å². The van der Waals surface area contributed by atoms with Crippen LogP contribution in [0.25, 0.3) is 0 Å². The van der Waals surface area contributed by atoms with Gasteiger partial charge in [0.15, 0.2) is 4.88 Å². The second kappa shape index (κ2) is 7.60. The molecule has 0 radical (unpaired) electrons. The van der Waals surface area contributed by atoms with Crippen molar-refractivity contribution in [1.29, 1.82) is 0 Å². The summed E-state index contributed by atoms with van der Waals surface area (Å²) in [5, 5.41) is 1.37. The third-order valence-corrected chi connectivity index (χ3v) is 6.71. The average molecular weight is 440 g/mol. The molecule has 0 atom stereocenters. The molecular weight excluding hydrogens is 418 g/mol. The molecule has 2 aromatic carbocycles. The Labute approximate surface area is 184 Å². The van der Waals surface area contributed by atoms with E-state index in [4.69, 9.17) is 16.3 Å². The summed E-state index contributed by atoms with van der Waals surface area (Å²) >= 11 is 7.50. The zero-order valence-corrected chi connectivity index (χ0v) is 18.5. The number of carbonyl (C=O) groups excluding carboxylic acids is 1. The molecule has 1 saturated carbocycles. The molecule has 5 rings (SSSR count). The van der Waals surface area contributed by atoms with Crippen molar-refractivity contribution in [3.63, 3.8) is 0 Å². The minimum atomic E-state index is -0.0711. The number of nitrogens with zero attached hydrogens (tertiary/aromatic N) is 3. The molecule has 1 fully saturated rings. The topological polar surface area (TPSA) is 45.7 Å². The Morgan fingerprint density at radius 3 is 2.67 bits per heavy atom. The third kappa shape index (κ3) is 3.55. The van der Waals surface area contributed by atoms with Gasteiger partial charge in [-0.3, -0.25) is 4.79 Å². The SMILES string of the molecule is Cc1nc(Oc2cc(Cl)ccc2C)c(C(=O)N2CCN(C3CC3)c3ccccc32)s1. The van der Waals surface area contributed by atoms with Gasteiger partial charge in [-0.15, -0.1) is 11.3 Å². The predicted molar refractivity (Wildman–Crippen MR) is 122 cm³/mol. The number of aryl methyl sites for hydroxylation is 2. The van der Waals surface area contributed by atoms with Gasteiger partial charge in [0, 0.05) is 24.2 Å². The van der Waals surface area contributed by atoms with Crippen molar-refractivity contribution in [2.24, 2.45) is 0 Å². The molecule has 1 amide bonds. The highest BCUT2D eigenvalue weighted by molar-refractivity contribution is 7.14. The van der Waals surface area contributed by atoms with Crippen LogP contribution in [0.5, 0.6) is 11.6 Å². The zero-order valence-electron chi connectivity index (χ0n) is 16.9. The van der Waals surface area contributed by atoms with E-state index in [1.807, 2.05) is 49.1 Å². The molecule has 0 bridgehead atoms. The largest absolute Gasteiger partial charge is 0.437 e. The highest BCUT2D eigenvalue weighted by Crippen LogP contribution is 2.41. The molecule has 0 saturated heterocycles. The van der Waals surface area contributed by atoms with Crippen molar-refractivity contribution in [3.05, 3.63) is 62.9 Å². The van der Waals surface area contributed by atoms with Gasteiger partial charge < -0.3 is 14.5 Å². The van der Waals surface area contributed by atoms with Gasteiger partial charge in [0.25, 0.3) is 5.91 Å². The Hall–Kier alpha value is -2.57. The van der Waals surface area contributed by atoms with Gasteiger partial charge >= 0.3 is 0 Å². The summed E-state index contributed by atoms with van der Waals surface area (Å²) in [5.74, 6) is 0.883. The normalized spacial score (nSPS) is 15.8. The minimum Gasteiger partial charge on any atom is -0.437 e. The van der Waals surface area contributed by atoms with Gasteiger partial charge in [0.1, 0.15) is 5.75 Å². The van der Waals surface area contributed by atoms with Crippen molar-refractivity contribution >= 4 is 40.2 Å². The number of hydrogen-bond donors (Lipinski definition) is 0. The number of anilines is 2. The van der Waals surface area contributed by atoms with E-state index in [1.54, 1.807) is 6.07 Å². The lowest BCUT2D eigenvalue weighted by Gasteiger charge is -2.37. The number of aromatic nitrogens is 1. The summed E-state index contributed by atoms with van der Waals surface area (Å²) < 4.78 is 6.07. The second-order valence-electron chi connectivity index (χ2n) is 7.75. The van der Waals surface area contributed by atoms with Crippen molar-refractivity contribution in [2.75, 3.05) is 22.9 Å². The molecule has 1 aliphatic carbocycles. The number of halogens is 1. The van der Waals surface area contributed by atoms with Crippen LogP contribution >= 0.6 is 22.9 Å². The monoisotopic (exact) mass is 439 g/mol. The van der Waals surface area contributed by atoms with Crippen molar-refractivity contribution < 1.29 is 9.53 Å². The maximum absolute atomic E-state index is 13.6. The van der Waals surface area contributed by atoms with Crippen LogP contribution in [-0.2, 0) is 0 Å². The molecule has 2 aliphatic rings. The number of thiazole rings is 1. The fourth-order valence-corrected chi connectivity index (χ4v) is 4.84. The van der Waals surface area contributed by atoms with Crippen molar-refractivity contribution in [2.45, 2.75) is 32.7 Å². The predicted octanol–water partition coefficient (Wildman–Crippen LogP) is 5.83. The third-order valence-electron chi connectivity index (χ3n) is 5.53. The fourth-order valence-electron chi connectivity index (χ4n) is 3.88. The number of amides is 1. The van der Waals surface area contributed by atoms with Crippen LogP contribution in [0.2, 0.25) is 5.02 Å². The maximum atomic E-state index is 13.6. The average Bonchev–Trinajstić information content (AvgIpc) is 3.52. The van der Waals surface area contributed by atoms with Gasteiger partial charge in [-0.25, -0.2) is 4.98 Å². The molecule has 1 aromatic heterocycles. The van der Waals surface area contributed by atoms with Crippen LogP contribution in [0.3, 0.4) is 0 Å². The molecule has 3 aromatic rings. The van der Waals surface area contributed by atoms with E-state index in [-0.39, 0.29) is 5.91 Å². The highest BCUT2D eigenvalue weighted by Gasteiger charge is 2.36. The van der Waals surface area contributed by atoms with Gasteiger partial charge in [-0.2, -0.15) is 0 Å². The van der Waals surface area contributed by atoms with E-state index >= 15 is 0 Å². The Morgan fingerprint density at radius 1 is 1.13 bits per heavy atom. The number of fused-ring (bicyclic) bond motifs is 1. The smallest absolute Gasteiger partial charge is 0.274 e. The van der Waals surface area contributed by atoms with Crippen LogP contribution in [-0.4, -0.2) is 30.0 Å². The number of benzene rings is 2. The fraction of sp³-hybridized carbons (Fsp3) is 0.304. The molecule has 0 N–H and O–H groups in total. The first-order chi connectivity index (χ1) is 14.5. The lowest BCUT2D eigenvalue weighted by Crippen LogP contribution is -2.44. The Bertz CT molecular complexity index is 1130. The number of hydrogen-bond acceptors (Lipinski definition) is 5. The molecule has 0 unspecified atom stereocenters. The van der Waals surface area contributed by atoms with E-state index < -0.39 is 0 Å². The van der Waals surface area contributed by atoms with Crippen molar-refractivity contribution in [1.82, 2.24) is 4.98 Å². The molecular formula is C23H22ClN3O2S. The van der Waals surface area contributed by atoms with Crippen LogP contribution in [0.1, 0.15) is 33.1 Å². The Balaban J connectivity index is 1.48. The first-order valence-electron chi connectivity index (χ1n) is 10.1. The van der Waals surface area contributed by atoms with Crippen LogP contribution in [0.15, 0.2) is 42.5 Å². The molecule has 5 nitrogen and oxygen atoms in total. The van der Waals surface area contributed by atoms with Gasteiger partial charge in [0.05, 0.1) is 16.4 Å². The first kappa shape index (κ1) is 19.4. The molecule has 7 heteroatoms.